The lowest BCUT2D eigenvalue weighted by atomic mass is 9.98. The van der Waals surface area contributed by atoms with Gasteiger partial charge in [0.2, 0.25) is 0 Å². The number of ether oxygens (including phenoxy) is 1. The molecule has 0 aromatic heterocycles. The van der Waals surface area contributed by atoms with Crippen LogP contribution in [0.4, 0.5) is 9.18 Å². The molecule has 0 heterocycles. The van der Waals surface area contributed by atoms with Crippen molar-refractivity contribution >= 4 is 23.7 Å². The lowest BCUT2D eigenvalue weighted by Gasteiger charge is -2.20. The summed E-state index contributed by atoms with van der Waals surface area (Å²) in [4.78, 5) is 23.7. The number of rotatable bonds is 8. The van der Waals surface area contributed by atoms with Crippen LogP contribution in [0, 0.1) is 5.82 Å². The maximum absolute atomic E-state index is 13.4. The van der Waals surface area contributed by atoms with E-state index < -0.39 is 23.9 Å². The lowest BCUT2D eigenvalue weighted by molar-refractivity contribution is -0.137. The predicted octanol–water partition coefficient (Wildman–Crippen LogP) is 5.79. The molecular formula is C26H23ClFNO4. The minimum atomic E-state index is -0.973. The average Bonchev–Trinajstić information content (AvgIpc) is 3.11. The molecule has 0 spiro atoms. The lowest BCUT2D eigenvalue weighted by Crippen LogP contribution is -2.38. The van der Waals surface area contributed by atoms with Crippen LogP contribution in [0.2, 0.25) is 5.02 Å². The summed E-state index contributed by atoms with van der Waals surface area (Å²) >= 11 is 6.12. The van der Waals surface area contributed by atoms with E-state index in [1.807, 2.05) is 36.4 Å². The zero-order chi connectivity index (χ0) is 23.4. The maximum Gasteiger partial charge on any atom is 0.407 e. The van der Waals surface area contributed by atoms with Crippen molar-refractivity contribution < 1.29 is 23.8 Å². The number of hydrogen-bond donors (Lipinski definition) is 2. The molecule has 4 rings (SSSR count). The van der Waals surface area contributed by atoms with Crippen LogP contribution in [0.15, 0.2) is 66.7 Å². The topological polar surface area (TPSA) is 75.6 Å². The number of fused-ring (bicyclic) bond motifs is 3. The quantitative estimate of drug-likeness (QED) is 0.439. The molecule has 170 valence electrons. The van der Waals surface area contributed by atoms with Crippen LogP contribution in [0.25, 0.3) is 11.1 Å². The van der Waals surface area contributed by atoms with E-state index in [1.165, 1.54) is 18.2 Å². The van der Waals surface area contributed by atoms with E-state index in [4.69, 9.17) is 21.4 Å². The number of hydrogen-bond acceptors (Lipinski definition) is 3. The zero-order valence-corrected chi connectivity index (χ0v) is 18.5. The van der Waals surface area contributed by atoms with E-state index in [-0.39, 0.29) is 36.8 Å². The molecule has 1 amide bonds. The van der Waals surface area contributed by atoms with Gasteiger partial charge in [-0.3, -0.25) is 4.79 Å². The molecule has 3 aromatic carbocycles. The van der Waals surface area contributed by atoms with E-state index in [0.717, 1.165) is 22.3 Å². The first kappa shape index (κ1) is 22.8. The fourth-order valence-electron chi connectivity index (χ4n) is 4.28. The fraction of sp³-hybridized carbons (Fsp3) is 0.231. The number of aliphatic carboxylic acids is 1. The van der Waals surface area contributed by atoms with Crippen molar-refractivity contribution in [2.45, 2.75) is 31.2 Å². The Morgan fingerprint density at radius 1 is 1.03 bits per heavy atom. The van der Waals surface area contributed by atoms with E-state index >= 15 is 0 Å². The van der Waals surface area contributed by atoms with Crippen molar-refractivity contribution in [3.63, 3.8) is 0 Å². The molecule has 0 saturated carbocycles. The normalized spacial score (nSPS) is 13.2. The second-order valence-electron chi connectivity index (χ2n) is 8.04. The SMILES string of the molecule is O=C(O)CCC(Cc1ccc(F)cc1Cl)NC(=O)OCC1c2ccccc2-c2ccccc21. The average molecular weight is 468 g/mol. The molecule has 1 atom stereocenters. The third-order valence-corrected chi connectivity index (χ3v) is 6.21. The summed E-state index contributed by atoms with van der Waals surface area (Å²) in [6, 6.07) is 19.6. The molecular weight excluding hydrogens is 445 g/mol. The summed E-state index contributed by atoms with van der Waals surface area (Å²) in [5, 5.41) is 12.1. The van der Waals surface area contributed by atoms with Gasteiger partial charge in [0, 0.05) is 23.4 Å². The zero-order valence-electron chi connectivity index (χ0n) is 17.8. The first-order chi connectivity index (χ1) is 15.9. The first-order valence-electron chi connectivity index (χ1n) is 10.7. The number of nitrogens with one attached hydrogen (secondary N) is 1. The Morgan fingerprint density at radius 2 is 1.67 bits per heavy atom. The maximum atomic E-state index is 13.4. The summed E-state index contributed by atoms with van der Waals surface area (Å²) in [7, 11) is 0. The van der Waals surface area contributed by atoms with Crippen LogP contribution in [0.1, 0.15) is 35.4 Å². The summed E-state index contributed by atoms with van der Waals surface area (Å²) in [6.45, 7) is 0.156. The molecule has 2 N–H and O–H groups in total. The second-order valence-corrected chi connectivity index (χ2v) is 8.45. The van der Waals surface area contributed by atoms with Crippen LogP contribution >= 0.6 is 11.6 Å². The molecule has 0 radical (unpaired) electrons. The van der Waals surface area contributed by atoms with Gasteiger partial charge >= 0.3 is 12.1 Å². The first-order valence-corrected chi connectivity index (χ1v) is 11.1. The van der Waals surface area contributed by atoms with Gasteiger partial charge in [-0.25, -0.2) is 9.18 Å². The van der Waals surface area contributed by atoms with Crippen LogP contribution in [0.5, 0.6) is 0 Å². The van der Waals surface area contributed by atoms with E-state index in [9.17, 15) is 14.0 Å². The summed E-state index contributed by atoms with van der Waals surface area (Å²) in [5.74, 6) is -1.51. The van der Waals surface area contributed by atoms with Gasteiger partial charge < -0.3 is 15.2 Å². The molecule has 1 aliphatic carbocycles. The van der Waals surface area contributed by atoms with Crippen LogP contribution in [0.3, 0.4) is 0 Å². The standard InChI is InChI=1S/C26H23ClFNO4/c27-24-14-17(28)10-9-16(24)13-18(11-12-25(30)31)29-26(32)33-15-23-21-7-3-1-5-19(21)20-6-2-4-8-22(20)23/h1-10,14,18,23H,11-13,15H2,(H,29,32)(H,30,31). The van der Waals surface area contributed by atoms with E-state index in [2.05, 4.69) is 17.4 Å². The number of carbonyl (C=O) groups is 2. The number of carboxylic acids is 1. The Hall–Kier alpha value is -3.38. The van der Waals surface area contributed by atoms with Gasteiger partial charge in [0.25, 0.3) is 0 Å². The number of carboxylic acid groups (broad SMARTS) is 1. The third-order valence-electron chi connectivity index (χ3n) is 5.85. The van der Waals surface area contributed by atoms with Crippen LogP contribution < -0.4 is 5.32 Å². The highest BCUT2D eigenvalue weighted by Crippen LogP contribution is 2.44. The number of carbonyl (C=O) groups excluding carboxylic acids is 1. The summed E-state index contributed by atoms with van der Waals surface area (Å²) in [6.07, 6.45) is -0.317. The molecule has 7 heteroatoms. The third kappa shape index (κ3) is 5.34. The molecule has 0 saturated heterocycles. The molecule has 3 aromatic rings. The van der Waals surface area contributed by atoms with Gasteiger partial charge in [0.05, 0.1) is 0 Å². The van der Waals surface area contributed by atoms with Gasteiger partial charge in [0.1, 0.15) is 12.4 Å². The monoisotopic (exact) mass is 467 g/mol. The Morgan fingerprint density at radius 3 is 2.27 bits per heavy atom. The molecule has 33 heavy (non-hydrogen) atoms. The Bertz CT molecular complexity index is 1140. The largest absolute Gasteiger partial charge is 0.481 e. The van der Waals surface area contributed by atoms with Gasteiger partial charge in [-0.2, -0.15) is 0 Å². The Balaban J connectivity index is 1.44. The van der Waals surface area contributed by atoms with Crippen molar-refractivity contribution in [3.8, 4) is 11.1 Å². The molecule has 5 nitrogen and oxygen atoms in total. The second kappa shape index (κ2) is 10.0. The minimum absolute atomic E-state index is 0.0767. The van der Waals surface area contributed by atoms with Crippen LogP contribution in [-0.4, -0.2) is 29.8 Å². The Labute approximate surface area is 196 Å². The van der Waals surface area contributed by atoms with Gasteiger partial charge in [0.15, 0.2) is 0 Å². The number of amides is 1. The molecule has 0 aliphatic heterocycles. The van der Waals surface area contributed by atoms with Gasteiger partial charge in [-0.05, 0) is 52.8 Å². The highest BCUT2D eigenvalue weighted by Gasteiger charge is 2.29. The molecule has 0 bridgehead atoms. The molecule has 1 unspecified atom stereocenters. The van der Waals surface area contributed by atoms with Gasteiger partial charge in [-0.1, -0.05) is 66.2 Å². The van der Waals surface area contributed by atoms with E-state index in [0.29, 0.717) is 5.56 Å². The molecule has 1 aliphatic rings. The molecule has 0 fully saturated rings. The minimum Gasteiger partial charge on any atom is -0.481 e. The number of halogens is 2. The number of alkyl carbamates (subject to hydrolysis) is 1. The number of benzene rings is 3. The summed E-state index contributed by atoms with van der Waals surface area (Å²) < 4.78 is 18.9. The highest BCUT2D eigenvalue weighted by molar-refractivity contribution is 6.31. The predicted molar refractivity (Wildman–Crippen MR) is 124 cm³/mol. The van der Waals surface area contributed by atoms with Gasteiger partial charge in [-0.15, -0.1) is 0 Å². The van der Waals surface area contributed by atoms with Crippen LogP contribution in [-0.2, 0) is 16.0 Å². The van der Waals surface area contributed by atoms with Crippen molar-refractivity contribution in [3.05, 3.63) is 94.3 Å². The van der Waals surface area contributed by atoms with Crippen molar-refractivity contribution in [1.29, 1.82) is 0 Å². The fourth-order valence-corrected chi connectivity index (χ4v) is 4.53. The van der Waals surface area contributed by atoms with Crippen molar-refractivity contribution in [2.75, 3.05) is 6.61 Å². The highest BCUT2D eigenvalue weighted by atomic mass is 35.5. The van der Waals surface area contributed by atoms with Crippen molar-refractivity contribution in [2.24, 2.45) is 0 Å². The Kier molecular flexibility index (Phi) is 6.94. The smallest absolute Gasteiger partial charge is 0.407 e. The van der Waals surface area contributed by atoms with E-state index in [1.54, 1.807) is 0 Å². The van der Waals surface area contributed by atoms with Crippen molar-refractivity contribution in [1.82, 2.24) is 5.32 Å². The summed E-state index contributed by atoms with van der Waals surface area (Å²) in [5.41, 5.74) is 5.09.